The first-order valence-electron chi connectivity index (χ1n) is 7.83. The fraction of sp³-hybridized carbons (Fsp3) is 0.588. The Kier molecular flexibility index (Phi) is 6.52. The number of carbonyl (C=O) groups excluding carboxylic acids is 1. The van der Waals surface area contributed by atoms with Gasteiger partial charge >= 0.3 is 0 Å². The molecule has 1 aromatic rings. The summed E-state index contributed by atoms with van der Waals surface area (Å²) in [5.41, 5.74) is 1.04. The van der Waals surface area contributed by atoms with Crippen LogP contribution < -0.4 is 0 Å². The molecule has 3 nitrogen and oxygen atoms in total. The minimum absolute atomic E-state index is 0.187. The number of benzene rings is 1. The van der Waals surface area contributed by atoms with E-state index in [-0.39, 0.29) is 12.0 Å². The van der Waals surface area contributed by atoms with Crippen molar-refractivity contribution in [3.05, 3.63) is 34.9 Å². The van der Waals surface area contributed by atoms with Gasteiger partial charge in [-0.05, 0) is 44.2 Å². The van der Waals surface area contributed by atoms with Gasteiger partial charge in [-0.2, -0.15) is 0 Å². The number of amides is 1. The molecule has 1 unspecified atom stereocenters. The van der Waals surface area contributed by atoms with Gasteiger partial charge in [0.05, 0.1) is 6.10 Å². The van der Waals surface area contributed by atoms with Gasteiger partial charge in [0.15, 0.2) is 0 Å². The summed E-state index contributed by atoms with van der Waals surface area (Å²) in [6.45, 7) is 4.31. The Hall–Kier alpha value is -1.06. The van der Waals surface area contributed by atoms with Crippen LogP contribution in [0.25, 0.3) is 0 Å². The SMILES string of the molecule is CCN(CC1CCCCO1)C(=O)CCc1ccccc1Cl. The van der Waals surface area contributed by atoms with E-state index in [2.05, 4.69) is 0 Å². The van der Waals surface area contributed by atoms with Crippen molar-refractivity contribution in [1.29, 1.82) is 0 Å². The maximum atomic E-state index is 12.4. The first-order valence-corrected chi connectivity index (χ1v) is 8.21. The monoisotopic (exact) mass is 309 g/mol. The standard InChI is InChI=1S/C17H24ClNO2/c1-2-19(13-15-8-5-6-12-21-15)17(20)11-10-14-7-3-4-9-16(14)18/h3-4,7,9,15H,2,5-6,8,10-13H2,1H3. The lowest BCUT2D eigenvalue weighted by Crippen LogP contribution is -2.39. The van der Waals surface area contributed by atoms with Crippen LogP contribution in [0.2, 0.25) is 5.02 Å². The molecule has 1 atom stereocenters. The van der Waals surface area contributed by atoms with Crippen molar-refractivity contribution in [2.45, 2.75) is 45.1 Å². The smallest absolute Gasteiger partial charge is 0.222 e. The summed E-state index contributed by atoms with van der Waals surface area (Å²) in [4.78, 5) is 14.3. The molecule has 2 rings (SSSR count). The number of aryl methyl sites for hydroxylation is 1. The van der Waals surface area contributed by atoms with Gasteiger partial charge in [-0.25, -0.2) is 0 Å². The Morgan fingerprint density at radius 1 is 1.38 bits per heavy atom. The Labute approximate surface area is 132 Å². The van der Waals surface area contributed by atoms with Gasteiger partial charge in [0.1, 0.15) is 0 Å². The average molecular weight is 310 g/mol. The maximum absolute atomic E-state index is 12.4. The van der Waals surface area contributed by atoms with Crippen LogP contribution in [0, 0.1) is 0 Å². The Morgan fingerprint density at radius 2 is 2.19 bits per heavy atom. The highest BCUT2D eigenvalue weighted by atomic mass is 35.5. The molecule has 1 aliphatic heterocycles. The number of likely N-dealkylation sites (N-methyl/N-ethyl adjacent to an activating group) is 1. The molecule has 0 saturated carbocycles. The molecule has 0 radical (unpaired) electrons. The fourth-order valence-electron chi connectivity index (χ4n) is 2.71. The normalized spacial score (nSPS) is 18.5. The topological polar surface area (TPSA) is 29.5 Å². The van der Waals surface area contributed by atoms with Crippen LogP contribution in [0.3, 0.4) is 0 Å². The second-order valence-corrected chi connectivity index (χ2v) is 5.92. The quantitative estimate of drug-likeness (QED) is 0.802. The molecule has 21 heavy (non-hydrogen) atoms. The number of rotatable bonds is 6. The van der Waals surface area contributed by atoms with Crippen molar-refractivity contribution in [3.63, 3.8) is 0 Å². The highest BCUT2D eigenvalue weighted by Crippen LogP contribution is 2.18. The third-order valence-corrected chi connectivity index (χ3v) is 4.37. The molecule has 1 fully saturated rings. The first-order chi connectivity index (χ1) is 10.2. The third-order valence-electron chi connectivity index (χ3n) is 4.00. The van der Waals surface area contributed by atoms with Crippen molar-refractivity contribution in [3.8, 4) is 0 Å². The van der Waals surface area contributed by atoms with Crippen molar-refractivity contribution in [2.24, 2.45) is 0 Å². The van der Waals surface area contributed by atoms with Gasteiger partial charge in [-0.1, -0.05) is 29.8 Å². The van der Waals surface area contributed by atoms with Gasteiger partial charge < -0.3 is 9.64 Å². The summed E-state index contributed by atoms with van der Waals surface area (Å²) in [5.74, 6) is 0.187. The van der Waals surface area contributed by atoms with Crippen LogP contribution >= 0.6 is 11.6 Å². The number of halogens is 1. The van der Waals surface area contributed by atoms with E-state index < -0.39 is 0 Å². The molecule has 1 saturated heterocycles. The molecule has 4 heteroatoms. The highest BCUT2D eigenvalue weighted by Gasteiger charge is 2.20. The van der Waals surface area contributed by atoms with Crippen LogP contribution in [0.5, 0.6) is 0 Å². The molecule has 116 valence electrons. The van der Waals surface area contributed by atoms with E-state index in [1.165, 1.54) is 6.42 Å². The zero-order valence-corrected chi connectivity index (χ0v) is 13.4. The molecule has 0 spiro atoms. The van der Waals surface area contributed by atoms with Gasteiger partial charge in [-0.3, -0.25) is 4.79 Å². The highest BCUT2D eigenvalue weighted by molar-refractivity contribution is 6.31. The van der Waals surface area contributed by atoms with E-state index in [9.17, 15) is 4.79 Å². The number of hydrogen-bond donors (Lipinski definition) is 0. The summed E-state index contributed by atoms with van der Waals surface area (Å²) >= 11 is 6.13. The molecule has 1 aliphatic rings. The zero-order valence-electron chi connectivity index (χ0n) is 12.7. The second kappa shape index (κ2) is 8.40. The molecule has 0 aliphatic carbocycles. The Bertz CT molecular complexity index is 458. The summed E-state index contributed by atoms with van der Waals surface area (Å²) in [7, 11) is 0. The van der Waals surface area contributed by atoms with Gasteiger partial charge in [-0.15, -0.1) is 0 Å². The first kappa shape index (κ1) is 16.3. The van der Waals surface area contributed by atoms with E-state index in [0.29, 0.717) is 12.8 Å². The Balaban J connectivity index is 1.83. The van der Waals surface area contributed by atoms with Crippen molar-refractivity contribution < 1.29 is 9.53 Å². The summed E-state index contributed by atoms with van der Waals surface area (Å²) in [6, 6.07) is 7.72. The maximum Gasteiger partial charge on any atom is 0.222 e. The van der Waals surface area contributed by atoms with E-state index in [1.807, 2.05) is 36.1 Å². The zero-order chi connectivity index (χ0) is 15.1. The predicted octanol–water partition coefficient (Wildman–Crippen LogP) is 3.69. The molecular formula is C17H24ClNO2. The van der Waals surface area contributed by atoms with Crippen LogP contribution in [0.15, 0.2) is 24.3 Å². The molecule has 1 aromatic carbocycles. The van der Waals surface area contributed by atoms with Crippen LogP contribution in [-0.4, -0.2) is 36.6 Å². The summed E-state index contributed by atoms with van der Waals surface area (Å²) < 4.78 is 5.73. The fourth-order valence-corrected chi connectivity index (χ4v) is 2.94. The molecule has 1 amide bonds. The van der Waals surface area contributed by atoms with Crippen molar-refractivity contribution >= 4 is 17.5 Å². The number of nitrogens with zero attached hydrogens (tertiary/aromatic N) is 1. The molecule has 1 heterocycles. The largest absolute Gasteiger partial charge is 0.376 e. The lowest BCUT2D eigenvalue weighted by atomic mass is 10.1. The third kappa shape index (κ3) is 5.01. The van der Waals surface area contributed by atoms with E-state index >= 15 is 0 Å². The van der Waals surface area contributed by atoms with Crippen LogP contribution in [-0.2, 0) is 16.0 Å². The van der Waals surface area contributed by atoms with Gasteiger partial charge in [0.25, 0.3) is 0 Å². The predicted molar refractivity (Wildman–Crippen MR) is 85.6 cm³/mol. The van der Waals surface area contributed by atoms with Crippen LogP contribution in [0.4, 0.5) is 0 Å². The molecule has 0 bridgehead atoms. The minimum atomic E-state index is 0.187. The van der Waals surface area contributed by atoms with E-state index in [4.69, 9.17) is 16.3 Å². The summed E-state index contributed by atoms with van der Waals surface area (Å²) in [6.07, 6.45) is 4.82. The van der Waals surface area contributed by atoms with E-state index in [0.717, 1.165) is 43.1 Å². The van der Waals surface area contributed by atoms with Gasteiger partial charge in [0.2, 0.25) is 5.91 Å². The van der Waals surface area contributed by atoms with Crippen LogP contribution in [0.1, 0.15) is 38.2 Å². The molecule has 0 aromatic heterocycles. The minimum Gasteiger partial charge on any atom is -0.376 e. The number of carbonyl (C=O) groups is 1. The summed E-state index contributed by atoms with van der Waals surface area (Å²) in [5, 5.41) is 0.740. The van der Waals surface area contributed by atoms with E-state index in [1.54, 1.807) is 0 Å². The van der Waals surface area contributed by atoms with Gasteiger partial charge in [0, 0.05) is 31.1 Å². The lowest BCUT2D eigenvalue weighted by molar-refractivity contribution is -0.133. The van der Waals surface area contributed by atoms with Crippen molar-refractivity contribution in [2.75, 3.05) is 19.7 Å². The molecule has 0 N–H and O–H groups in total. The molecular weight excluding hydrogens is 286 g/mol. The van der Waals surface area contributed by atoms with Crippen molar-refractivity contribution in [1.82, 2.24) is 4.90 Å². The number of hydrogen-bond acceptors (Lipinski definition) is 2. The number of ether oxygens (including phenoxy) is 1. The Morgan fingerprint density at radius 3 is 2.86 bits per heavy atom. The average Bonchev–Trinajstić information content (AvgIpc) is 2.52. The second-order valence-electron chi connectivity index (χ2n) is 5.51. The lowest BCUT2D eigenvalue weighted by Gasteiger charge is -2.29.